The van der Waals surface area contributed by atoms with E-state index in [-0.39, 0.29) is 17.9 Å². The van der Waals surface area contributed by atoms with Gasteiger partial charge < -0.3 is 21.1 Å². The highest BCUT2D eigenvalue weighted by molar-refractivity contribution is 8.00. The molecular weight excluding hydrogens is 416 g/mol. The van der Waals surface area contributed by atoms with E-state index in [0.29, 0.717) is 54.3 Å². The number of nitrogen functional groups attached to an aromatic ring is 1. The molecule has 162 valence electrons. The predicted molar refractivity (Wildman–Crippen MR) is 121 cm³/mol. The third-order valence-electron chi connectivity index (χ3n) is 5.22. The average molecular weight is 441 g/mol. The van der Waals surface area contributed by atoms with Crippen molar-refractivity contribution in [1.82, 2.24) is 5.32 Å². The summed E-state index contributed by atoms with van der Waals surface area (Å²) in [5.74, 6) is 0.138. The largest absolute Gasteiger partial charge is 0.444 e. The Bertz CT molecular complexity index is 1040. The van der Waals surface area contributed by atoms with Gasteiger partial charge in [-0.1, -0.05) is 11.6 Å². The van der Waals surface area contributed by atoms with E-state index in [1.807, 2.05) is 25.1 Å². The number of anilines is 3. The van der Waals surface area contributed by atoms with Crippen molar-refractivity contribution in [2.45, 2.75) is 30.8 Å². The van der Waals surface area contributed by atoms with Gasteiger partial charge in [-0.3, -0.25) is 14.5 Å². The van der Waals surface area contributed by atoms with E-state index in [4.69, 9.17) is 10.5 Å². The molecule has 2 aliphatic heterocycles. The molecule has 0 saturated carbocycles. The Balaban J connectivity index is 1.28. The van der Waals surface area contributed by atoms with Crippen molar-refractivity contribution < 1.29 is 19.1 Å². The minimum Gasteiger partial charge on any atom is -0.444 e. The van der Waals surface area contributed by atoms with Gasteiger partial charge in [-0.15, -0.1) is 11.8 Å². The SMILES string of the molecule is Cc1ccc(N)c(C(=O)NCCC[C@@H]2CN(c3ccc4c(c3)NC(=O)CS4)C(=O)O2)c1. The van der Waals surface area contributed by atoms with Crippen molar-refractivity contribution in [1.29, 1.82) is 0 Å². The number of nitrogens with two attached hydrogens (primary N) is 1. The molecule has 1 fully saturated rings. The van der Waals surface area contributed by atoms with Gasteiger partial charge in [-0.2, -0.15) is 0 Å². The number of nitrogens with one attached hydrogen (secondary N) is 2. The van der Waals surface area contributed by atoms with Gasteiger partial charge >= 0.3 is 6.09 Å². The van der Waals surface area contributed by atoms with Crippen LogP contribution < -0.4 is 21.3 Å². The van der Waals surface area contributed by atoms with Crippen molar-refractivity contribution in [3.8, 4) is 0 Å². The van der Waals surface area contributed by atoms with Crippen molar-refractivity contribution >= 4 is 46.7 Å². The fraction of sp³-hybridized carbons (Fsp3) is 0.318. The lowest BCUT2D eigenvalue weighted by molar-refractivity contribution is -0.113. The Kier molecular flexibility index (Phi) is 6.03. The Hall–Kier alpha value is -3.20. The summed E-state index contributed by atoms with van der Waals surface area (Å²) in [5.41, 5.74) is 9.18. The Morgan fingerprint density at radius 1 is 1.29 bits per heavy atom. The number of hydrogen-bond donors (Lipinski definition) is 3. The monoisotopic (exact) mass is 440 g/mol. The summed E-state index contributed by atoms with van der Waals surface area (Å²) in [5, 5.41) is 5.70. The quantitative estimate of drug-likeness (QED) is 0.470. The van der Waals surface area contributed by atoms with Gasteiger partial charge in [0.05, 0.1) is 23.5 Å². The molecule has 0 bridgehead atoms. The van der Waals surface area contributed by atoms with Gasteiger partial charge in [0, 0.05) is 22.8 Å². The first-order valence-corrected chi connectivity index (χ1v) is 11.1. The summed E-state index contributed by atoms with van der Waals surface area (Å²) in [7, 11) is 0. The van der Waals surface area contributed by atoms with Crippen LogP contribution in [0.25, 0.3) is 0 Å². The molecule has 8 nitrogen and oxygen atoms in total. The first-order chi connectivity index (χ1) is 14.9. The minimum absolute atomic E-state index is 0.0500. The van der Waals surface area contributed by atoms with Gasteiger partial charge in [0.1, 0.15) is 6.10 Å². The van der Waals surface area contributed by atoms with Crippen molar-refractivity contribution in [2.24, 2.45) is 0 Å². The smallest absolute Gasteiger partial charge is 0.414 e. The number of aryl methyl sites for hydroxylation is 1. The second kappa shape index (κ2) is 8.89. The van der Waals surface area contributed by atoms with E-state index >= 15 is 0 Å². The van der Waals surface area contributed by atoms with E-state index in [1.54, 1.807) is 23.1 Å². The molecule has 2 heterocycles. The number of benzene rings is 2. The lowest BCUT2D eigenvalue weighted by atomic mass is 10.1. The van der Waals surface area contributed by atoms with Gasteiger partial charge in [0.2, 0.25) is 5.91 Å². The summed E-state index contributed by atoms with van der Waals surface area (Å²) in [6, 6.07) is 10.9. The Morgan fingerprint density at radius 2 is 2.13 bits per heavy atom. The number of thioether (sulfide) groups is 1. The van der Waals surface area contributed by atoms with E-state index in [0.717, 1.165) is 10.5 Å². The lowest BCUT2D eigenvalue weighted by Gasteiger charge is -2.20. The third-order valence-corrected chi connectivity index (χ3v) is 6.30. The molecule has 0 unspecified atom stereocenters. The molecular formula is C22H24N4O4S. The fourth-order valence-electron chi connectivity index (χ4n) is 3.62. The van der Waals surface area contributed by atoms with Gasteiger partial charge in [-0.25, -0.2) is 4.79 Å². The van der Waals surface area contributed by atoms with Crippen LogP contribution in [-0.2, 0) is 9.53 Å². The topological polar surface area (TPSA) is 114 Å². The number of carbonyl (C=O) groups is 3. The first-order valence-electron chi connectivity index (χ1n) is 10.1. The molecule has 1 atom stereocenters. The maximum atomic E-state index is 12.3. The number of amides is 3. The van der Waals surface area contributed by atoms with Crippen molar-refractivity contribution in [3.05, 3.63) is 47.5 Å². The molecule has 2 aromatic carbocycles. The number of carbonyl (C=O) groups excluding carboxylic acids is 3. The minimum atomic E-state index is -0.406. The van der Waals surface area contributed by atoms with Crippen LogP contribution in [-0.4, -0.2) is 42.9 Å². The predicted octanol–water partition coefficient (Wildman–Crippen LogP) is 3.16. The average Bonchev–Trinajstić information content (AvgIpc) is 3.12. The highest BCUT2D eigenvalue weighted by Gasteiger charge is 2.32. The number of hydrogen-bond acceptors (Lipinski definition) is 6. The van der Waals surface area contributed by atoms with Crippen LogP contribution in [0.15, 0.2) is 41.3 Å². The van der Waals surface area contributed by atoms with Crippen LogP contribution in [0.4, 0.5) is 21.9 Å². The number of nitrogens with zero attached hydrogens (tertiary/aromatic N) is 1. The Morgan fingerprint density at radius 3 is 2.97 bits per heavy atom. The molecule has 0 aromatic heterocycles. The molecule has 3 amide bonds. The molecule has 0 radical (unpaired) electrons. The molecule has 2 aromatic rings. The molecule has 4 rings (SSSR count). The standard InChI is InChI=1S/C22H24N4O4S/c1-13-4-6-17(23)16(9-13)21(28)24-8-2-3-15-11-26(22(29)30-15)14-5-7-19-18(10-14)25-20(27)12-31-19/h4-7,9-10,15H,2-3,8,11-12,23H2,1H3,(H,24,28)(H,25,27)/t15-/m1/s1. The lowest BCUT2D eigenvalue weighted by Crippen LogP contribution is -2.27. The van der Waals surface area contributed by atoms with Crippen LogP contribution in [0.1, 0.15) is 28.8 Å². The van der Waals surface area contributed by atoms with Crippen molar-refractivity contribution in [2.75, 3.05) is 34.8 Å². The van der Waals surface area contributed by atoms with Crippen LogP contribution in [0.2, 0.25) is 0 Å². The summed E-state index contributed by atoms with van der Waals surface area (Å²) in [6.45, 7) is 2.80. The highest BCUT2D eigenvalue weighted by Crippen LogP contribution is 2.35. The van der Waals surface area contributed by atoms with Gasteiger partial charge in [-0.05, 0) is 50.1 Å². The molecule has 0 aliphatic carbocycles. The van der Waals surface area contributed by atoms with Crippen molar-refractivity contribution in [3.63, 3.8) is 0 Å². The van der Waals surface area contributed by atoms with E-state index in [9.17, 15) is 14.4 Å². The summed E-state index contributed by atoms with van der Waals surface area (Å²) < 4.78 is 5.48. The van der Waals surface area contributed by atoms with E-state index in [1.165, 1.54) is 11.8 Å². The highest BCUT2D eigenvalue weighted by atomic mass is 32.2. The third kappa shape index (κ3) is 4.77. The Labute approximate surface area is 184 Å². The second-order valence-corrected chi connectivity index (χ2v) is 8.64. The summed E-state index contributed by atoms with van der Waals surface area (Å²) in [6.07, 6.45) is 0.633. The van der Waals surface area contributed by atoms with Crippen LogP contribution in [0, 0.1) is 6.92 Å². The fourth-order valence-corrected chi connectivity index (χ4v) is 4.40. The maximum Gasteiger partial charge on any atom is 0.414 e. The first kappa shape index (κ1) is 21.0. The van der Waals surface area contributed by atoms with Crippen LogP contribution >= 0.6 is 11.8 Å². The molecule has 0 spiro atoms. The van der Waals surface area contributed by atoms with E-state index in [2.05, 4.69) is 10.6 Å². The van der Waals surface area contributed by atoms with E-state index < -0.39 is 6.09 Å². The summed E-state index contributed by atoms with van der Waals surface area (Å²) in [4.78, 5) is 38.8. The zero-order chi connectivity index (χ0) is 22.0. The molecule has 2 aliphatic rings. The number of fused-ring (bicyclic) bond motifs is 1. The maximum absolute atomic E-state index is 12.3. The normalized spacial score (nSPS) is 17.7. The second-order valence-electron chi connectivity index (χ2n) is 7.62. The molecule has 4 N–H and O–H groups in total. The zero-order valence-corrected chi connectivity index (χ0v) is 18.0. The number of rotatable bonds is 6. The number of ether oxygens (including phenoxy) is 1. The number of cyclic esters (lactones) is 1. The zero-order valence-electron chi connectivity index (χ0n) is 17.1. The molecule has 1 saturated heterocycles. The van der Waals surface area contributed by atoms with Crippen LogP contribution in [0.5, 0.6) is 0 Å². The molecule has 9 heteroatoms. The van der Waals surface area contributed by atoms with Gasteiger partial charge in [0.25, 0.3) is 5.91 Å². The van der Waals surface area contributed by atoms with Crippen LogP contribution in [0.3, 0.4) is 0 Å². The molecule has 31 heavy (non-hydrogen) atoms. The summed E-state index contributed by atoms with van der Waals surface area (Å²) >= 11 is 1.48. The van der Waals surface area contributed by atoms with Gasteiger partial charge in [0.15, 0.2) is 0 Å².